The summed E-state index contributed by atoms with van der Waals surface area (Å²) in [4.78, 5) is 13.9. The Kier molecular flexibility index (Phi) is 5.40. The molecule has 1 aromatic rings. The normalized spacial score (nSPS) is 11.6. The SMILES string of the molecule is CC(=O)/C=C(F)/C=N\C(=N)OCc1cccc(O)c1. The molecule has 0 saturated heterocycles. The molecule has 0 unspecified atom stereocenters. The molecule has 0 spiro atoms. The second-order valence-electron chi connectivity index (χ2n) is 3.66. The Balaban J connectivity index is 2.48. The molecule has 0 heterocycles. The standard InChI is InChI=1S/C13H13FN2O3/c1-9(17)5-11(14)7-16-13(15)19-8-10-3-2-4-12(18)6-10/h2-7,15,18H,8H2,1H3/b11-5-,15-13?,16-7-. The van der Waals surface area contributed by atoms with Crippen molar-refractivity contribution in [3.8, 4) is 5.75 Å². The number of phenolic OH excluding ortho intramolecular Hbond substituents is 1. The third-order valence-corrected chi connectivity index (χ3v) is 1.93. The summed E-state index contributed by atoms with van der Waals surface area (Å²) < 4.78 is 17.9. The van der Waals surface area contributed by atoms with Gasteiger partial charge in [0.05, 0.1) is 6.21 Å². The number of carbonyl (C=O) groups excluding carboxylic acids is 1. The van der Waals surface area contributed by atoms with Gasteiger partial charge in [-0.05, 0) is 24.6 Å². The molecule has 100 valence electrons. The van der Waals surface area contributed by atoms with Crippen LogP contribution in [0.1, 0.15) is 12.5 Å². The Hall–Kier alpha value is -2.50. The predicted octanol–water partition coefficient (Wildman–Crippen LogP) is 2.36. The van der Waals surface area contributed by atoms with Gasteiger partial charge in [-0.3, -0.25) is 4.79 Å². The Labute approximate surface area is 109 Å². The summed E-state index contributed by atoms with van der Waals surface area (Å²) >= 11 is 0. The smallest absolute Gasteiger partial charge is 0.309 e. The minimum absolute atomic E-state index is 0.0304. The van der Waals surface area contributed by atoms with Gasteiger partial charge >= 0.3 is 6.02 Å². The van der Waals surface area contributed by atoms with Crippen LogP contribution in [0.3, 0.4) is 0 Å². The lowest BCUT2D eigenvalue weighted by Crippen LogP contribution is -2.01. The first kappa shape index (κ1) is 14.6. The summed E-state index contributed by atoms with van der Waals surface area (Å²) in [5.41, 5.74) is 0.653. The van der Waals surface area contributed by atoms with E-state index >= 15 is 0 Å². The molecule has 0 saturated carbocycles. The van der Waals surface area contributed by atoms with Crippen LogP contribution in [0.25, 0.3) is 0 Å². The molecular formula is C13H13FN2O3. The molecule has 0 radical (unpaired) electrons. The number of ketones is 1. The number of aromatic hydroxyl groups is 1. The second-order valence-corrected chi connectivity index (χ2v) is 3.66. The van der Waals surface area contributed by atoms with Crippen molar-refractivity contribution in [1.82, 2.24) is 0 Å². The number of amidine groups is 1. The van der Waals surface area contributed by atoms with E-state index in [1.54, 1.807) is 12.1 Å². The summed E-state index contributed by atoms with van der Waals surface area (Å²) in [5.74, 6) is -1.21. The zero-order valence-corrected chi connectivity index (χ0v) is 10.3. The first-order chi connectivity index (χ1) is 8.97. The number of hydrogen-bond acceptors (Lipinski definition) is 4. The van der Waals surface area contributed by atoms with Gasteiger partial charge in [-0.2, -0.15) is 0 Å². The highest BCUT2D eigenvalue weighted by Gasteiger charge is 1.99. The first-order valence-corrected chi connectivity index (χ1v) is 5.38. The van der Waals surface area contributed by atoms with Crippen molar-refractivity contribution in [2.45, 2.75) is 13.5 Å². The van der Waals surface area contributed by atoms with Crippen molar-refractivity contribution < 1.29 is 19.0 Å². The third-order valence-electron chi connectivity index (χ3n) is 1.93. The van der Waals surface area contributed by atoms with Gasteiger partial charge in [0.15, 0.2) is 5.78 Å². The van der Waals surface area contributed by atoms with Crippen molar-refractivity contribution in [3.63, 3.8) is 0 Å². The van der Waals surface area contributed by atoms with E-state index in [0.29, 0.717) is 5.56 Å². The van der Waals surface area contributed by atoms with E-state index in [4.69, 9.17) is 10.1 Å². The largest absolute Gasteiger partial charge is 0.508 e. The molecule has 0 amide bonds. The summed E-state index contributed by atoms with van der Waals surface area (Å²) in [6.45, 7) is 1.24. The van der Waals surface area contributed by atoms with E-state index in [9.17, 15) is 14.3 Å². The van der Waals surface area contributed by atoms with Crippen LogP contribution in [-0.4, -0.2) is 23.1 Å². The molecule has 0 bridgehead atoms. The topological polar surface area (TPSA) is 82.7 Å². The maximum absolute atomic E-state index is 12.9. The number of ether oxygens (including phenoxy) is 1. The zero-order valence-electron chi connectivity index (χ0n) is 10.3. The van der Waals surface area contributed by atoms with Crippen molar-refractivity contribution in [2.75, 3.05) is 0 Å². The number of halogens is 1. The van der Waals surface area contributed by atoms with Crippen LogP contribution in [0.2, 0.25) is 0 Å². The quantitative estimate of drug-likeness (QED) is 0.497. The molecule has 19 heavy (non-hydrogen) atoms. The van der Waals surface area contributed by atoms with E-state index in [1.165, 1.54) is 19.1 Å². The van der Waals surface area contributed by atoms with Gasteiger partial charge in [0, 0.05) is 6.08 Å². The van der Waals surface area contributed by atoms with E-state index in [1.807, 2.05) is 0 Å². The van der Waals surface area contributed by atoms with E-state index in [0.717, 1.165) is 12.3 Å². The Morgan fingerprint density at radius 1 is 1.58 bits per heavy atom. The molecule has 0 aliphatic rings. The van der Waals surface area contributed by atoms with Gasteiger partial charge in [0.1, 0.15) is 18.2 Å². The number of benzene rings is 1. The lowest BCUT2D eigenvalue weighted by Gasteiger charge is -2.03. The predicted molar refractivity (Wildman–Crippen MR) is 69.0 cm³/mol. The van der Waals surface area contributed by atoms with Crippen LogP contribution in [0.15, 0.2) is 41.2 Å². The fourth-order valence-corrected chi connectivity index (χ4v) is 1.19. The van der Waals surface area contributed by atoms with Crippen LogP contribution in [0.5, 0.6) is 5.75 Å². The molecule has 0 atom stereocenters. The molecule has 0 aliphatic carbocycles. The van der Waals surface area contributed by atoms with E-state index < -0.39 is 17.6 Å². The number of phenols is 1. The van der Waals surface area contributed by atoms with Crippen LogP contribution < -0.4 is 0 Å². The van der Waals surface area contributed by atoms with Gasteiger partial charge in [0.25, 0.3) is 0 Å². The molecule has 0 aliphatic heterocycles. The lowest BCUT2D eigenvalue weighted by atomic mass is 10.2. The number of carbonyl (C=O) groups is 1. The molecule has 2 N–H and O–H groups in total. The summed E-state index contributed by atoms with van der Waals surface area (Å²) in [5, 5.41) is 16.5. The number of hydrogen-bond donors (Lipinski definition) is 2. The zero-order chi connectivity index (χ0) is 14.3. The fourth-order valence-electron chi connectivity index (χ4n) is 1.19. The van der Waals surface area contributed by atoms with Gasteiger partial charge < -0.3 is 9.84 Å². The fraction of sp³-hybridized carbons (Fsp3) is 0.154. The van der Waals surface area contributed by atoms with Crippen molar-refractivity contribution in [1.29, 1.82) is 5.41 Å². The number of nitrogens with zero attached hydrogens (tertiary/aromatic N) is 1. The minimum atomic E-state index is -0.849. The maximum Gasteiger partial charge on any atom is 0.309 e. The first-order valence-electron chi connectivity index (χ1n) is 5.38. The monoisotopic (exact) mass is 264 g/mol. The maximum atomic E-state index is 12.9. The van der Waals surface area contributed by atoms with Crippen molar-refractivity contribution in [3.05, 3.63) is 41.7 Å². The Morgan fingerprint density at radius 2 is 2.32 bits per heavy atom. The van der Waals surface area contributed by atoms with E-state index in [2.05, 4.69) is 4.99 Å². The van der Waals surface area contributed by atoms with Crippen LogP contribution >= 0.6 is 0 Å². The van der Waals surface area contributed by atoms with Gasteiger partial charge in [-0.25, -0.2) is 14.8 Å². The molecule has 1 rings (SSSR count). The Bertz CT molecular complexity index is 538. The Morgan fingerprint density at radius 3 is 2.95 bits per heavy atom. The molecule has 0 fully saturated rings. The van der Waals surface area contributed by atoms with E-state index in [-0.39, 0.29) is 12.4 Å². The molecule has 6 heteroatoms. The molecule has 5 nitrogen and oxygen atoms in total. The number of aliphatic imine (C=N–C) groups is 1. The molecular weight excluding hydrogens is 251 g/mol. The second kappa shape index (κ2) is 7.05. The average Bonchev–Trinajstić information content (AvgIpc) is 2.33. The summed E-state index contributed by atoms with van der Waals surface area (Å²) in [7, 11) is 0. The molecule has 1 aromatic carbocycles. The highest BCUT2D eigenvalue weighted by Crippen LogP contribution is 2.11. The van der Waals surface area contributed by atoms with Gasteiger partial charge in [0.2, 0.25) is 0 Å². The highest BCUT2D eigenvalue weighted by molar-refractivity contribution is 5.95. The van der Waals surface area contributed by atoms with Crippen LogP contribution in [0, 0.1) is 5.41 Å². The average molecular weight is 264 g/mol. The minimum Gasteiger partial charge on any atom is -0.508 e. The van der Waals surface area contributed by atoms with Crippen LogP contribution in [-0.2, 0) is 16.1 Å². The van der Waals surface area contributed by atoms with Crippen LogP contribution in [0.4, 0.5) is 4.39 Å². The van der Waals surface area contributed by atoms with Crippen molar-refractivity contribution >= 4 is 18.0 Å². The summed E-state index contributed by atoms with van der Waals surface area (Å²) in [6, 6.07) is 5.83. The molecule has 0 aromatic heterocycles. The lowest BCUT2D eigenvalue weighted by molar-refractivity contribution is -0.112. The van der Waals surface area contributed by atoms with Gasteiger partial charge in [-0.15, -0.1) is 0 Å². The van der Waals surface area contributed by atoms with Gasteiger partial charge in [-0.1, -0.05) is 12.1 Å². The summed E-state index contributed by atoms with van der Waals surface area (Å²) in [6.07, 6.45) is 1.48. The number of nitrogens with one attached hydrogen (secondary N) is 1. The third kappa shape index (κ3) is 6.11. The number of allylic oxidation sites excluding steroid dienone is 2. The van der Waals surface area contributed by atoms with Crippen molar-refractivity contribution in [2.24, 2.45) is 4.99 Å². The highest BCUT2D eigenvalue weighted by atomic mass is 19.1. The number of rotatable bonds is 4.